The molecule has 0 radical (unpaired) electrons. The van der Waals surface area contributed by atoms with Crippen molar-refractivity contribution >= 4 is 22.3 Å². The number of nitrogens with one attached hydrogen (secondary N) is 1. The first-order valence-corrected chi connectivity index (χ1v) is 8.35. The fraction of sp³-hybridized carbons (Fsp3) is 0.176. The number of anilines is 2. The van der Waals surface area contributed by atoms with Crippen molar-refractivity contribution in [2.45, 2.75) is 18.6 Å². The topological polar surface area (TPSA) is 63.8 Å². The smallest absolute Gasteiger partial charge is 0.322 e. The SMILES string of the molecule is NC(Cc1ccc(C(F)(F)F)cc1)c1csc(Nc2ccccn2)n1. The van der Waals surface area contributed by atoms with Gasteiger partial charge in [0.1, 0.15) is 5.82 Å². The van der Waals surface area contributed by atoms with Gasteiger partial charge in [-0.05, 0) is 36.2 Å². The molecule has 1 aromatic carbocycles. The molecule has 4 nitrogen and oxygen atoms in total. The Balaban J connectivity index is 1.64. The number of halogens is 3. The van der Waals surface area contributed by atoms with Gasteiger partial charge in [-0.2, -0.15) is 13.2 Å². The maximum atomic E-state index is 12.6. The van der Waals surface area contributed by atoms with Crippen LogP contribution in [0.3, 0.4) is 0 Å². The van der Waals surface area contributed by atoms with Crippen LogP contribution >= 0.6 is 11.3 Å². The molecule has 0 aliphatic heterocycles. The summed E-state index contributed by atoms with van der Waals surface area (Å²) in [5.74, 6) is 0.680. The number of hydrogen-bond acceptors (Lipinski definition) is 5. The number of hydrogen-bond donors (Lipinski definition) is 2. The van der Waals surface area contributed by atoms with Crippen molar-refractivity contribution in [2.75, 3.05) is 5.32 Å². The van der Waals surface area contributed by atoms with Crippen LogP contribution in [0, 0.1) is 0 Å². The Morgan fingerprint density at radius 1 is 1.12 bits per heavy atom. The van der Waals surface area contributed by atoms with Gasteiger partial charge in [-0.15, -0.1) is 11.3 Å². The molecular formula is C17H15F3N4S. The summed E-state index contributed by atoms with van der Waals surface area (Å²) in [5, 5.41) is 5.58. The third kappa shape index (κ3) is 4.55. The minimum Gasteiger partial charge on any atom is -0.322 e. The van der Waals surface area contributed by atoms with Gasteiger partial charge in [-0.3, -0.25) is 0 Å². The molecule has 8 heteroatoms. The lowest BCUT2D eigenvalue weighted by Crippen LogP contribution is -2.14. The lowest BCUT2D eigenvalue weighted by Gasteiger charge is -2.11. The Hall–Kier alpha value is -2.45. The summed E-state index contributed by atoms with van der Waals surface area (Å²) in [7, 11) is 0. The van der Waals surface area contributed by atoms with E-state index >= 15 is 0 Å². The average Bonchev–Trinajstić information content (AvgIpc) is 3.04. The Morgan fingerprint density at radius 2 is 1.88 bits per heavy atom. The summed E-state index contributed by atoms with van der Waals surface area (Å²) >= 11 is 1.40. The number of aromatic nitrogens is 2. The number of nitrogens with zero attached hydrogens (tertiary/aromatic N) is 2. The molecule has 0 bridgehead atoms. The van der Waals surface area contributed by atoms with Crippen LogP contribution in [0.25, 0.3) is 0 Å². The van der Waals surface area contributed by atoms with Crippen LogP contribution in [0.15, 0.2) is 54.0 Å². The summed E-state index contributed by atoms with van der Waals surface area (Å²) in [6.45, 7) is 0. The van der Waals surface area contributed by atoms with Gasteiger partial charge in [0.2, 0.25) is 0 Å². The normalized spacial score (nSPS) is 12.8. The van der Waals surface area contributed by atoms with Crippen molar-refractivity contribution in [1.29, 1.82) is 0 Å². The average molecular weight is 364 g/mol. The molecule has 0 saturated heterocycles. The van der Waals surface area contributed by atoms with Gasteiger partial charge in [0.05, 0.1) is 17.3 Å². The van der Waals surface area contributed by atoms with Crippen molar-refractivity contribution < 1.29 is 13.2 Å². The first-order valence-electron chi connectivity index (χ1n) is 7.47. The molecule has 0 fully saturated rings. The van der Waals surface area contributed by atoms with E-state index in [0.717, 1.165) is 17.7 Å². The van der Waals surface area contributed by atoms with E-state index in [2.05, 4.69) is 15.3 Å². The monoisotopic (exact) mass is 364 g/mol. The molecule has 130 valence electrons. The summed E-state index contributed by atoms with van der Waals surface area (Å²) in [5.41, 5.74) is 6.88. The number of rotatable bonds is 5. The third-order valence-corrected chi connectivity index (χ3v) is 4.31. The van der Waals surface area contributed by atoms with Gasteiger partial charge in [0.25, 0.3) is 0 Å². The van der Waals surface area contributed by atoms with E-state index in [1.807, 2.05) is 23.6 Å². The van der Waals surface area contributed by atoms with Gasteiger partial charge in [-0.1, -0.05) is 18.2 Å². The van der Waals surface area contributed by atoms with E-state index in [1.54, 1.807) is 6.20 Å². The first-order chi connectivity index (χ1) is 11.9. The maximum Gasteiger partial charge on any atom is 0.416 e. The number of nitrogens with two attached hydrogens (primary N) is 1. The van der Waals surface area contributed by atoms with Gasteiger partial charge in [0, 0.05) is 11.6 Å². The Labute approximate surface area is 146 Å². The van der Waals surface area contributed by atoms with Crippen LogP contribution in [0.5, 0.6) is 0 Å². The fourth-order valence-electron chi connectivity index (χ4n) is 2.25. The lowest BCUT2D eigenvalue weighted by molar-refractivity contribution is -0.137. The summed E-state index contributed by atoms with van der Waals surface area (Å²) in [4.78, 5) is 8.58. The molecule has 3 N–H and O–H groups in total. The minimum absolute atomic E-state index is 0.396. The highest BCUT2D eigenvalue weighted by Crippen LogP contribution is 2.30. The predicted molar refractivity (Wildman–Crippen MR) is 91.7 cm³/mol. The lowest BCUT2D eigenvalue weighted by atomic mass is 10.0. The fourth-order valence-corrected chi connectivity index (χ4v) is 3.03. The molecule has 0 aliphatic carbocycles. The number of benzene rings is 1. The van der Waals surface area contributed by atoms with E-state index in [9.17, 15) is 13.2 Å². The second-order valence-corrected chi connectivity index (χ2v) is 6.28. The Bertz CT molecular complexity index is 816. The molecule has 0 amide bonds. The first kappa shape index (κ1) is 17.4. The maximum absolute atomic E-state index is 12.6. The highest BCUT2D eigenvalue weighted by molar-refractivity contribution is 7.13. The molecule has 0 saturated carbocycles. The van der Waals surface area contributed by atoms with Crippen LogP contribution in [0.4, 0.5) is 24.1 Å². The molecular weight excluding hydrogens is 349 g/mol. The molecule has 2 heterocycles. The highest BCUT2D eigenvalue weighted by atomic mass is 32.1. The van der Waals surface area contributed by atoms with Crippen molar-refractivity contribution in [3.05, 3.63) is 70.9 Å². The van der Waals surface area contributed by atoms with Crippen LogP contribution < -0.4 is 11.1 Å². The second-order valence-electron chi connectivity index (χ2n) is 5.42. The number of thiazole rings is 1. The molecule has 1 atom stereocenters. The summed E-state index contributed by atoms with van der Waals surface area (Å²) in [6, 6.07) is 10.1. The van der Waals surface area contributed by atoms with E-state index < -0.39 is 17.8 Å². The van der Waals surface area contributed by atoms with Crippen molar-refractivity contribution in [2.24, 2.45) is 5.73 Å². The van der Waals surface area contributed by atoms with Crippen LogP contribution in [-0.2, 0) is 12.6 Å². The van der Waals surface area contributed by atoms with Gasteiger partial charge in [-0.25, -0.2) is 9.97 Å². The van der Waals surface area contributed by atoms with E-state index in [0.29, 0.717) is 23.1 Å². The van der Waals surface area contributed by atoms with Crippen molar-refractivity contribution in [3.8, 4) is 0 Å². The molecule has 25 heavy (non-hydrogen) atoms. The van der Waals surface area contributed by atoms with Crippen molar-refractivity contribution in [1.82, 2.24) is 9.97 Å². The zero-order valence-electron chi connectivity index (χ0n) is 13.0. The number of alkyl halides is 3. The molecule has 1 unspecified atom stereocenters. The van der Waals surface area contributed by atoms with Crippen LogP contribution in [-0.4, -0.2) is 9.97 Å². The zero-order chi connectivity index (χ0) is 17.9. The van der Waals surface area contributed by atoms with Gasteiger partial charge in [0.15, 0.2) is 5.13 Å². The minimum atomic E-state index is -4.33. The molecule has 0 aliphatic rings. The zero-order valence-corrected chi connectivity index (χ0v) is 13.8. The second kappa shape index (κ2) is 7.20. The van der Waals surface area contributed by atoms with Crippen LogP contribution in [0.2, 0.25) is 0 Å². The van der Waals surface area contributed by atoms with E-state index in [-0.39, 0.29) is 0 Å². The summed E-state index contributed by atoms with van der Waals surface area (Å²) < 4.78 is 37.8. The molecule has 2 aromatic heterocycles. The van der Waals surface area contributed by atoms with Gasteiger partial charge < -0.3 is 11.1 Å². The van der Waals surface area contributed by atoms with E-state index in [4.69, 9.17) is 5.73 Å². The molecule has 3 rings (SSSR count). The van der Waals surface area contributed by atoms with E-state index in [1.165, 1.54) is 23.5 Å². The summed E-state index contributed by atoms with van der Waals surface area (Å²) in [6.07, 6.45) is -2.25. The standard InChI is InChI=1S/C17H15F3N4S/c18-17(19,20)12-6-4-11(5-7-12)9-13(21)14-10-25-16(23-14)24-15-3-1-2-8-22-15/h1-8,10,13H,9,21H2,(H,22,23,24). The Kier molecular flexibility index (Phi) is 5.00. The highest BCUT2D eigenvalue weighted by Gasteiger charge is 2.30. The predicted octanol–water partition coefficient (Wildman–Crippen LogP) is 4.54. The van der Waals surface area contributed by atoms with Gasteiger partial charge >= 0.3 is 6.18 Å². The molecule has 0 spiro atoms. The largest absolute Gasteiger partial charge is 0.416 e. The molecule has 3 aromatic rings. The number of pyridine rings is 1. The van der Waals surface area contributed by atoms with Crippen molar-refractivity contribution in [3.63, 3.8) is 0 Å². The Morgan fingerprint density at radius 3 is 2.52 bits per heavy atom. The van der Waals surface area contributed by atoms with Crippen LogP contribution in [0.1, 0.15) is 22.9 Å². The third-order valence-electron chi connectivity index (χ3n) is 3.54. The quantitative estimate of drug-likeness (QED) is 0.697.